The van der Waals surface area contributed by atoms with Crippen LogP contribution in [0.15, 0.2) is 27.9 Å². The molecule has 0 saturated carbocycles. The Hall–Kier alpha value is -2.35. The van der Waals surface area contributed by atoms with E-state index in [0.717, 1.165) is 14.8 Å². The molecule has 0 aliphatic carbocycles. The maximum atomic E-state index is 12.0. The van der Waals surface area contributed by atoms with Crippen LogP contribution in [0, 0.1) is 0 Å². The number of thioether (sulfide) groups is 1. The van der Waals surface area contributed by atoms with E-state index >= 15 is 0 Å². The van der Waals surface area contributed by atoms with Crippen LogP contribution in [-0.4, -0.2) is 38.4 Å². The lowest BCUT2D eigenvalue weighted by molar-refractivity contribution is 0.0512. The Labute approximate surface area is 123 Å². The third kappa shape index (κ3) is 2.27. The van der Waals surface area contributed by atoms with E-state index in [9.17, 15) is 9.59 Å². The predicted octanol–water partition coefficient (Wildman–Crippen LogP) is 1.47. The number of benzene rings is 1. The largest absolute Gasteiger partial charge is 0.460 e. The van der Waals surface area contributed by atoms with Gasteiger partial charge in [0.1, 0.15) is 0 Å². The van der Waals surface area contributed by atoms with Gasteiger partial charge >= 0.3 is 11.7 Å². The molecule has 2 aromatic heterocycles. The van der Waals surface area contributed by atoms with Gasteiger partial charge in [-0.25, -0.2) is 14.6 Å². The van der Waals surface area contributed by atoms with Crippen LogP contribution in [0.25, 0.3) is 16.6 Å². The van der Waals surface area contributed by atoms with Gasteiger partial charge in [-0.2, -0.15) is 4.52 Å². The number of hydrogen-bond donors (Lipinski definition) is 1. The number of ether oxygens (including phenoxy) is 1. The number of H-pyrrole nitrogens is 1. The highest BCUT2D eigenvalue weighted by Gasteiger charge is 2.17. The standard InChI is InChI=1S/C13H12N4O3S/c1-3-20-12(18)10-15-11-8-6-7(21-2)4-5-9(8)14-13(19)17(11)16-10/h4-6H,3H2,1-2H3,(H,14,19). The summed E-state index contributed by atoms with van der Waals surface area (Å²) in [5.41, 5.74) is 0.540. The van der Waals surface area contributed by atoms with E-state index in [1.807, 2.05) is 18.4 Å². The first-order valence-corrected chi connectivity index (χ1v) is 7.50. The van der Waals surface area contributed by atoms with Gasteiger partial charge in [-0.3, -0.25) is 0 Å². The molecule has 21 heavy (non-hydrogen) atoms. The Kier molecular flexibility index (Phi) is 3.38. The zero-order valence-corrected chi connectivity index (χ0v) is 12.2. The number of carbonyl (C=O) groups is 1. The summed E-state index contributed by atoms with van der Waals surface area (Å²) in [6.07, 6.45) is 1.96. The molecule has 3 aromatic rings. The highest BCUT2D eigenvalue weighted by Crippen LogP contribution is 2.22. The molecule has 0 unspecified atom stereocenters. The van der Waals surface area contributed by atoms with Gasteiger partial charge in [-0.1, -0.05) is 0 Å². The van der Waals surface area contributed by atoms with Crippen LogP contribution in [0.1, 0.15) is 17.5 Å². The van der Waals surface area contributed by atoms with Crippen molar-refractivity contribution < 1.29 is 9.53 Å². The molecule has 1 aromatic carbocycles. The third-order valence-electron chi connectivity index (χ3n) is 2.97. The zero-order chi connectivity index (χ0) is 15.0. The van der Waals surface area contributed by atoms with Crippen LogP contribution in [0.4, 0.5) is 0 Å². The summed E-state index contributed by atoms with van der Waals surface area (Å²) in [7, 11) is 0. The molecule has 0 atom stereocenters. The van der Waals surface area contributed by atoms with Crippen molar-refractivity contribution in [1.82, 2.24) is 19.6 Å². The lowest BCUT2D eigenvalue weighted by Crippen LogP contribution is -2.18. The second kappa shape index (κ2) is 5.21. The fourth-order valence-electron chi connectivity index (χ4n) is 2.02. The van der Waals surface area contributed by atoms with Gasteiger partial charge < -0.3 is 9.72 Å². The smallest absolute Gasteiger partial charge is 0.378 e. The van der Waals surface area contributed by atoms with Crippen molar-refractivity contribution in [2.45, 2.75) is 11.8 Å². The molecule has 0 saturated heterocycles. The SMILES string of the molecule is CCOC(=O)c1nc2c3cc(SC)ccc3[nH]c(=O)n2n1. The number of rotatable bonds is 3. The average Bonchev–Trinajstić information content (AvgIpc) is 2.93. The van der Waals surface area contributed by atoms with E-state index in [4.69, 9.17) is 4.74 Å². The first-order chi connectivity index (χ1) is 10.1. The maximum Gasteiger partial charge on any atom is 0.378 e. The number of nitrogens with zero attached hydrogens (tertiary/aromatic N) is 3. The predicted molar refractivity (Wildman–Crippen MR) is 78.9 cm³/mol. The lowest BCUT2D eigenvalue weighted by Gasteiger charge is -2.01. The van der Waals surface area contributed by atoms with Gasteiger partial charge in [0, 0.05) is 10.3 Å². The van der Waals surface area contributed by atoms with Crippen molar-refractivity contribution in [1.29, 1.82) is 0 Å². The number of esters is 1. The maximum absolute atomic E-state index is 12.0. The van der Waals surface area contributed by atoms with Crippen LogP contribution in [0.2, 0.25) is 0 Å². The summed E-state index contributed by atoms with van der Waals surface area (Å²) in [6.45, 7) is 1.92. The van der Waals surface area contributed by atoms with Gasteiger partial charge in [0.25, 0.3) is 5.82 Å². The van der Waals surface area contributed by atoms with Crippen molar-refractivity contribution in [3.8, 4) is 0 Å². The van der Waals surface area contributed by atoms with Crippen molar-refractivity contribution >= 4 is 34.3 Å². The first-order valence-electron chi connectivity index (χ1n) is 6.28. The Morgan fingerprint density at radius 3 is 3.00 bits per heavy atom. The minimum atomic E-state index is -0.644. The molecule has 0 spiro atoms. The number of aromatic nitrogens is 4. The van der Waals surface area contributed by atoms with Crippen LogP contribution in [0.3, 0.4) is 0 Å². The number of nitrogens with one attached hydrogen (secondary N) is 1. The van der Waals surface area contributed by atoms with Gasteiger partial charge in [0.15, 0.2) is 5.65 Å². The monoisotopic (exact) mass is 304 g/mol. The number of carbonyl (C=O) groups excluding carboxylic acids is 1. The van der Waals surface area contributed by atoms with Gasteiger partial charge in [-0.05, 0) is 31.4 Å². The molecule has 0 aliphatic heterocycles. The van der Waals surface area contributed by atoms with E-state index in [2.05, 4.69) is 15.1 Å². The van der Waals surface area contributed by atoms with Crippen molar-refractivity contribution in [3.63, 3.8) is 0 Å². The Morgan fingerprint density at radius 1 is 1.48 bits per heavy atom. The molecule has 0 radical (unpaired) electrons. The third-order valence-corrected chi connectivity index (χ3v) is 3.69. The summed E-state index contributed by atoms with van der Waals surface area (Å²) in [5.74, 6) is -0.765. The summed E-state index contributed by atoms with van der Waals surface area (Å²) in [4.78, 5) is 31.6. The highest BCUT2D eigenvalue weighted by atomic mass is 32.2. The Morgan fingerprint density at radius 2 is 2.29 bits per heavy atom. The topological polar surface area (TPSA) is 89.3 Å². The minimum absolute atomic E-state index is 0.121. The van der Waals surface area contributed by atoms with Gasteiger partial charge in [0.2, 0.25) is 0 Å². The summed E-state index contributed by atoms with van der Waals surface area (Å²) in [5, 5.41) is 4.64. The fraction of sp³-hybridized carbons (Fsp3) is 0.231. The molecule has 0 fully saturated rings. The summed E-state index contributed by atoms with van der Waals surface area (Å²) in [6, 6.07) is 5.61. The summed E-state index contributed by atoms with van der Waals surface area (Å²) < 4.78 is 5.94. The molecular weight excluding hydrogens is 292 g/mol. The second-order valence-electron chi connectivity index (χ2n) is 4.23. The van der Waals surface area contributed by atoms with Crippen LogP contribution < -0.4 is 5.69 Å². The Balaban J connectivity index is 2.31. The van der Waals surface area contributed by atoms with E-state index in [-0.39, 0.29) is 12.4 Å². The molecule has 0 aliphatic rings. The number of fused-ring (bicyclic) bond motifs is 3. The fourth-order valence-corrected chi connectivity index (χ4v) is 2.46. The van der Waals surface area contributed by atoms with Crippen molar-refractivity contribution in [3.05, 3.63) is 34.5 Å². The highest BCUT2D eigenvalue weighted by molar-refractivity contribution is 7.98. The van der Waals surface area contributed by atoms with Gasteiger partial charge in [0.05, 0.1) is 12.1 Å². The second-order valence-corrected chi connectivity index (χ2v) is 5.11. The quantitative estimate of drug-likeness (QED) is 0.582. The first kappa shape index (κ1) is 13.6. The molecule has 0 amide bonds. The molecular formula is C13H12N4O3S. The van der Waals surface area contributed by atoms with E-state index in [0.29, 0.717) is 11.2 Å². The van der Waals surface area contributed by atoms with Crippen molar-refractivity contribution in [2.24, 2.45) is 0 Å². The molecule has 8 heteroatoms. The number of hydrogen-bond acceptors (Lipinski definition) is 6. The average molecular weight is 304 g/mol. The van der Waals surface area contributed by atoms with Crippen molar-refractivity contribution in [2.75, 3.05) is 12.9 Å². The molecule has 3 rings (SSSR count). The normalized spacial score (nSPS) is 11.1. The van der Waals surface area contributed by atoms with Gasteiger partial charge in [-0.15, -0.1) is 16.9 Å². The minimum Gasteiger partial charge on any atom is -0.460 e. The zero-order valence-electron chi connectivity index (χ0n) is 11.4. The lowest BCUT2D eigenvalue weighted by atomic mass is 10.2. The van der Waals surface area contributed by atoms with E-state index < -0.39 is 11.7 Å². The molecule has 108 valence electrons. The van der Waals surface area contributed by atoms with Crippen LogP contribution >= 0.6 is 11.8 Å². The molecule has 0 bridgehead atoms. The van der Waals surface area contributed by atoms with Crippen LogP contribution in [0.5, 0.6) is 0 Å². The molecule has 7 nitrogen and oxygen atoms in total. The summed E-state index contributed by atoms with van der Waals surface area (Å²) >= 11 is 1.58. The van der Waals surface area contributed by atoms with E-state index in [1.54, 1.807) is 24.8 Å². The van der Waals surface area contributed by atoms with Crippen LogP contribution in [-0.2, 0) is 4.74 Å². The molecule has 1 N–H and O–H groups in total. The van der Waals surface area contributed by atoms with E-state index in [1.165, 1.54) is 0 Å². The molecule has 2 heterocycles. The Bertz CT molecular complexity index is 899. The number of aromatic amines is 1.